The predicted molar refractivity (Wildman–Crippen MR) is 139 cm³/mol. The van der Waals surface area contributed by atoms with Crippen LogP contribution in [0.2, 0.25) is 0 Å². The van der Waals surface area contributed by atoms with E-state index in [2.05, 4.69) is 0 Å². The lowest BCUT2D eigenvalue weighted by molar-refractivity contribution is -0.133. The zero-order valence-electron chi connectivity index (χ0n) is 22.2. The number of methoxy groups -OCH3 is 3. The topological polar surface area (TPSA) is 133 Å². The molecule has 4 atom stereocenters. The smallest absolute Gasteiger partial charge is 0.338 e. The first kappa shape index (κ1) is 26.5. The van der Waals surface area contributed by atoms with Crippen LogP contribution in [0.15, 0.2) is 42.5 Å². The molecule has 0 saturated carbocycles. The number of phenols is 1. The van der Waals surface area contributed by atoms with Crippen molar-refractivity contribution in [2.24, 2.45) is 5.92 Å². The van der Waals surface area contributed by atoms with Gasteiger partial charge in [0.2, 0.25) is 18.3 Å². The SMILES string of the molecule is COc1cc2c(c(O)c1OC)-c1c(cc3c(c1OC)OCO3)[C@@H](O)[C@H](C)[C@](C)(O)[C@@H]2OC(=O)c1ccccc1. The fourth-order valence-corrected chi connectivity index (χ4v) is 5.26. The maximum absolute atomic E-state index is 13.3. The summed E-state index contributed by atoms with van der Waals surface area (Å²) in [6.45, 7) is 3.04. The van der Waals surface area contributed by atoms with Crippen LogP contribution in [-0.4, -0.2) is 55.0 Å². The van der Waals surface area contributed by atoms with Crippen molar-refractivity contribution in [1.29, 1.82) is 0 Å². The van der Waals surface area contributed by atoms with Crippen LogP contribution in [0, 0.1) is 5.92 Å². The van der Waals surface area contributed by atoms with Gasteiger partial charge in [-0.25, -0.2) is 4.79 Å². The van der Waals surface area contributed by atoms with Crippen molar-refractivity contribution < 1.29 is 48.5 Å². The molecule has 0 spiro atoms. The first-order valence-electron chi connectivity index (χ1n) is 12.3. The van der Waals surface area contributed by atoms with Crippen LogP contribution in [0.3, 0.4) is 0 Å². The lowest BCUT2D eigenvalue weighted by atomic mass is 9.71. The Morgan fingerprint density at radius 1 is 0.974 bits per heavy atom. The second kappa shape index (κ2) is 9.87. The summed E-state index contributed by atoms with van der Waals surface area (Å²) in [7, 11) is 4.19. The standard InChI is InChI=1S/C29H30O10/c1-14-22(30)16-11-19-25(38-13-37-19)26(36-5)21(16)20-17(12-18(34-3)24(35-4)23(20)31)27(29(14,2)33)39-28(32)15-9-7-6-8-10-15/h6-12,14,22,27,30-31,33H,13H2,1-5H3/t14-,22-,27+,29-/m0/s1. The quantitative estimate of drug-likeness (QED) is 0.407. The number of esters is 1. The number of benzene rings is 3. The van der Waals surface area contributed by atoms with E-state index in [-0.39, 0.29) is 57.8 Å². The molecule has 3 aromatic carbocycles. The number of hydrogen-bond acceptors (Lipinski definition) is 10. The second-order valence-corrected chi connectivity index (χ2v) is 9.64. The highest BCUT2D eigenvalue weighted by Crippen LogP contribution is 2.60. The van der Waals surface area contributed by atoms with Crippen LogP contribution >= 0.6 is 0 Å². The second-order valence-electron chi connectivity index (χ2n) is 9.64. The average molecular weight is 539 g/mol. The van der Waals surface area contributed by atoms with E-state index < -0.39 is 29.7 Å². The zero-order chi connectivity index (χ0) is 28.1. The van der Waals surface area contributed by atoms with Crippen LogP contribution in [0.4, 0.5) is 0 Å². The van der Waals surface area contributed by atoms with Crippen molar-refractivity contribution in [1.82, 2.24) is 0 Å². The van der Waals surface area contributed by atoms with Gasteiger partial charge >= 0.3 is 5.97 Å². The van der Waals surface area contributed by atoms with E-state index in [0.29, 0.717) is 11.3 Å². The van der Waals surface area contributed by atoms with Crippen LogP contribution in [-0.2, 0) is 4.74 Å². The zero-order valence-corrected chi connectivity index (χ0v) is 22.2. The molecule has 10 nitrogen and oxygen atoms in total. The molecular formula is C29H30O10. The van der Waals surface area contributed by atoms with Gasteiger partial charge in [0.05, 0.1) is 33.0 Å². The van der Waals surface area contributed by atoms with E-state index >= 15 is 0 Å². The van der Waals surface area contributed by atoms with Gasteiger partial charge in [0.1, 0.15) is 5.60 Å². The fourth-order valence-electron chi connectivity index (χ4n) is 5.26. The van der Waals surface area contributed by atoms with Gasteiger partial charge in [0, 0.05) is 22.6 Å². The average Bonchev–Trinajstić information content (AvgIpc) is 3.42. The van der Waals surface area contributed by atoms with E-state index in [1.54, 1.807) is 43.3 Å². The van der Waals surface area contributed by atoms with Crippen LogP contribution in [0.25, 0.3) is 11.1 Å². The predicted octanol–water partition coefficient (Wildman–Crippen LogP) is 4.15. The van der Waals surface area contributed by atoms with Gasteiger partial charge in [-0.15, -0.1) is 0 Å². The van der Waals surface area contributed by atoms with E-state index in [9.17, 15) is 20.1 Å². The van der Waals surface area contributed by atoms with Crippen molar-refractivity contribution in [3.05, 3.63) is 59.2 Å². The van der Waals surface area contributed by atoms with Gasteiger partial charge in [0.15, 0.2) is 29.1 Å². The van der Waals surface area contributed by atoms with Gasteiger partial charge in [-0.2, -0.15) is 0 Å². The first-order valence-corrected chi connectivity index (χ1v) is 12.3. The van der Waals surface area contributed by atoms with E-state index in [0.717, 1.165) is 0 Å². The van der Waals surface area contributed by atoms with Gasteiger partial charge in [-0.3, -0.25) is 0 Å². The summed E-state index contributed by atoms with van der Waals surface area (Å²) in [5, 5.41) is 35.2. The number of fused-ring (bicyclic) bond motifs is 4. The minimum atomic E-state index is -1.84. The minimum Gasteiger partial charge on any atom is -0.504 e. The molecule has 0 saturated heterocycles. The number of aliphatic hydroxyl groups excluding tert-OH is 1. The summed E-state index contributed by atoms with van der Waals surface area (Å²) >= 11 is 0. The molecule has 0 amide bonds. The van der Waals surface area contributed by atoms with E-state index in [1.807, 2.05) is 0 Å². The Labute approximate surface area is 225 Å². The Kier molecular flexibility index (Phi) is 6.69. The summed E-state index contributed by atoms with van der Waals surface area (Å²) in [4.78, 5) is 13.3. The van der Waals surface area contributed by atoms with Crippen molar-refractivity contribution in [2.45, 2.75) is 31.7 Å². The van der Waals surface area contributed by atoms with Gasteiger partial charge in [-0.05, 0) is 36.8 Å². The summed E-state index contributed by atoms with van der Waals surface area (Å²) in [6.07, 6.45) is -2.68. The molecule has 3 aromatic rings. The van der Waals surface area contributed by atoms with E-state index in [4.69, 9.17) is 28.4 Å². The number of hydrogen-bond donors (Lipinski definition) is 3. The number of aromatic hydroxyl groups is 1. The molecule has 5 rings (SSSR count). The van der Waals surface area contributed by atoms with E-state index in [1.165, 1.54) is 34.3 Å². The highest BCUT2D eigenvalue weighted by atomic mass is 16.7. The summed E-state index contributed by atoms with van der Waals surface area (Å²) in [5.41, 5.74) is -0.694. The molecule has 1 aliphatic heterocycles. The minimum absolute atomic E-state index is 0.00203. The van der Waals surface area contributed by atoms with Crippen molar-refractivity contribution in [3.63, 3.8) is 0 Å². The normalized spacial score (nSPS) is 23.1. The largest absolute Gasteiger partial charge is 0.504 e. The van der Waals surface area contributed by atoms with Gasteiger partial charge in [-0.1, -0.05) is 25.1 Å². The number of carbonyl (C=O) groups excluding carboxylic acids is 1. The highest BCUT2D eigenvalue weighted by molar-refractivity contribution is 5.91. The Morgan fingerprint density at radius 3 is 2.31 bits per heavy atom. The maximum Gasteiger partial charge on any atom is 0.338 e. The van der Waals surface area contributed by atoms with Crippen LogP contribution in [0.5, 0.6) is 34.5 Å². The number of carbonyl (C=O) groups is 1. The summed E-state index contributed by atoms with van der Waals surface area (Å²) in [6, 6.07) is 11.4. The molecule has 10 heteroatoms. The molecule has 39 heavy (non-hydrogen) atoms. The number of aliphatic hydroxyl groups is 2. The molecule has 0 radical (unpaired) electrons. The monoisotopic (exact) mass is 538 g/mol. The first-order chi connectivity index (χ1) is 18.6. The fraction of sp³-hybridized carbons (Fsp3) is 0.345. The van der Waals surface area contributed by atoms with Gasteiger partial charge < -0.3 is 43.7 Å². The Bertz CT molecular complexity index is 1420. The molecule has 0 bridgehead atoms. The number of phenolic OH excluding ortho intramolecular Hbond substituents is 1. The van der Waals surface area contributed by atoms with Crippen LogP contribution < -0.4 is 23.7 Å². The molecular weight excluding hydrogens is 508 g/mol. The third-order valence-electron chi connectivity index (χ3n) is 7.54. The molecule has 1 aliphatic carbocycles. The number of ether oxygens (including phenoxy) is 6. The summed E-state index contributed by atoms with van der Waals surface area (Å²) in [5.74, 6) is -1.03. The Morgan fingerprint density at radius 2 is 1.67 bits per heavy atom. The maximum atomic E-state index is 13.3. The molecule has 0 unspecified atom stereocenters. The molecule has 206 valence electrons. The van der Waals surface area contributed by atoms with Gasteiger partial charge in [0.25, 0.3) is 0 Å². The third-order valence-corrected chi connectivity index (χ3v) is 7.54. The Hall–Kier alpha value is -4.15. The molecule has 2 aliphatic rings. The number of rotatable bonds is 5. The molecule has 0 aromatic heterocycles. The molecule has 3 N–H and O–H groups in total. The molecule has 0 fully saturated rings. The Balaban J connectivity index is 1.87. The van der Waals surface area contributed by atoms with Crippen molar-refractivity contribution in [2.75, 3.05) is 28.1 Å². The molecule has 1 heterocycles. The van der Waals surface area contributed by atoms with Crippen LogP contribution in [0.1, 0.15) is 47.5 Å². The third kappa shape index (κ3) is 4.07. The van der Waals surface area contributed by atoms with Crippen molar-refractivity contribution >= 4 is 5.97 Å². The highest BCUT2D eigenvalue weighted by Gasteiger charge is 2.50. The lowest BCUT2D eigenvalue weighted by Gasteiger charge is -2.42. The van der Waals surface area contributed by atoms with Crippen molar-refractivity contribution in [3.8, 4) is 45.6 Å². The lowest BCUT2D eigenvalue weighted by Crippen LogP contribution is -2.45. The summed E-state index contributed by atoms with van der Waals surface area (Å²) < 4.78 is 33.9.